The number of hydrogen-bond acceptors (Lipinski definition) is 4. The minimum absolute atomic E-state index is 0.00343. The molecule has 1 rings (SSSR count). The Morgan fingerprint density at radius 3 is 2.46 bits per heavy atom. The van der Waals surface area contributed by atoms with Gasteiger partial charge < -0.3 is 19.5 Å². The lowest BCUT2D eigenvalue weighted by Crippen LogP contribution is -2.54. The molecular formula is C9H19NO3. The molecule has 78 valence electrons. The van der Waals surface area contributed by atoms with E-state index in [9.17, 15) is 5.11 Å². The minimum Gasteiger partial charge on any atom is -0.391 e. The van der Waals surface area contributed by atoms with Crippen LogP contribution in [0.4, 0.5) is 0 Å². The monoisotopic (exact) mass is 189 g/mol. The van der Waals surface area contributed by atoms with Gasteiger partial charge in [-0.15, -0.1) is 0 Å². The first-order valence-corrected chi connectivity index (χ1v) is 4.59. The largest absolute Gasteiger partial charge is 0.391 e. The van der Waals surface area contributed by atoms with Crippen molar-refractivity contribution in [2.24, 2.45) is 0 Å². The van der Waals surface area contributed by atoms with Crippen molar-refractivity contribution >= 4 is 0 Å². The van der Waals surface area contributed by atoms with Crippen LogP contribution >= 0.6 is 0 Å². The molecule has 1 aliphatic heterocycles. The number of nitrogens with zero attached hydrogens (tertiary/aromatic N) is 1. The van der Waals surface area contributed by atoms with Crippen LogP contribution in [0.1, 0.15) is 13.3 Å². The molecule has 1 fully saturated rings. The maximum Gasteiger partial charge on any atom is 0.160 e. The summed E-state index contributed by atoms with van der Waals surface area (Å²) in [4.78, 5) is 1.99. The average Bonchev–Trinajstić information content (AvgIpc) is 2.02. The normalized spacial score (nSPS) is 41.1. The lowest BCUT2D eigenvalue weighted by molar-refractivity contribution is -0.221. The lowest BCUT2D eigenvalue weighted by atomic mass is 9.99. The number of likely N-dealkylation sites (N-methyl/N-ethyl adjacent to an activating group) is 1. The van der Waals surface area contributed by atoms with Gasteiger partial charge in [0.15, 0.2) is 6.29 Å². The van der Waals surface area contributed by atoms with Crippen molar-refractivity contribution in [3.8, 4) is 0 Å². The Morgan fingerprint density at radius 2 is 2.08 bits per heavy atom. The van der Waals surface area contributed by atoms with Crippen molar-refractivity contribution in [1.29, 1.82) is 0 Å². The van der Waals surface area contributed by atoms with Gasteiger partial charge in [-0.2, -0.15) is 0 Å². The SMILES string of the molecule is CO[C@@H]1C[C@H](O)[C@H](N(C)C)[C@@H](C)O1. The van der Waals surface area contributed by atoms with E-state index in [-0.39, 0.29) is 24.5 Å². The Bertz CT molecular complexity index is 151. The van der Waals surface area contributed by atoms with E-state index >= 15 is 0 Å². The molecule has 1 heterocycles. The predicted octanol–water partition coefficient (Wildman–Crippen LogP) is 0.0588. The van der Waals surface area contributed by atoms with Gasteiger partial charge in [0.1, 0.15) is 0 Å². The summed E-state index contributed by atoms with van der Waals surface area (Å²) in [5, 5.41) is 9.81. The fourth-order valence-corrected chi connectivity index (χ4v) is 1.94. The molecule has 0 saturated carbocycles. The summed E-state index contributed by atoms with van der Waals surface area (Å²) in [5.41, 5.74) is 0. The summed E-state index contributed by atoms with van der Waals surface area (Å²) in [6.07, 6.45) is -0.0856. The Morgan fingerprint density at radius 1 is 1.46 bits per heavy atom. The van der Waals surface area contributed by atoms with Gasteiger partial charge in [0, 0.05) is 13.5 Å². The highest BCUT2D eigenvalue weighted by atomic mass is 16.7. The lowest BCUT2D eigenvalue weighted by Gasteiger charge is -2.40. The quantitative estimate of drug-likeness (QED) is 0.667. The maximum atomic E-state index is 9.81. The first-order chi connectivity index (χ1) is 6.06. The molecule has 0 spiro atoms. The zero-order valence-electron chi connectivity index (χ0n) is 8.73. The topological polar surface area (TPSA) is 41.9 Å². The Kier molecular flexibility index (Phi) is 3.67. The summed E-state index contributed by atoms with van der Waals surface area (Å²) in [7, 11) is 5.49. The van der Waals surface area contributed by atoms with E-state index in [4.69, 9.17) is 9.47 Å². The number of rotatable bonds is 2. The van der Waals surface area contributed by atoms with E-state index in [1.807, 2.05) is 25.9 Å². The molecule has 0 amide bonds. The second-order valence-electron chi connectivity index (χ2n) is 3.76. The van der Waals surface area contributed by atoms with Crippen molar-refractivity contribution < 1.29 is 14.6 Å². The van der Waals surface area contributed by atoms with Crippen molar-refractivity contribution in [3.63, 3.8) is 0 Å². The van der Waals surface area contributed by atoms with E-state index in [2.05, 4.69) is 0 Å². The fraction of sp³-hybridized carbons (Fsp3) is 1.00. The second kappa shape index (κ2) is 4.37. The third-order valence-electron chi connectivity index (χ3n) is 2.53. The smallest absolute Gasteiger partial charge is 0.160 e. The summed E-state index contributed by atoms with van der Waals surface area (Å²) in [6, 6.07) is 0.0615. The molecular weight excluding hydrogens is 170 g/mol. The van der Waals surface area contributed by atoms with Crippen molar-refractivity contribution in [1.82, 2.24) is 4.90 Å². The van der Waals surface area contributed by atoms with Gasteiger partial charge in [-0.1, -0.05) is 0 Å². The van der Waals surface area contributed by atoms with Gasteiger partial charge in [0.25, 0.3) is 0 Å². The summed E-state index contributed by atoms with van der Waals surface area (Å²) in [5.74, 6) is 0. The maximum absolute atomic E-state index is 9.81. The highest BCUT2D eigenvalue weighted by Gasteiger charge is 2.36. The first-order valence-electron chi connectivity index (χ1n) is 4.59. The number of hydrogen-bond donors (Lipinski definition) is 1. The van der Waals surface area contributed by atoms with Crippen LogP contribution in [0.25, 0.3) is 0 Å². The zero-order chi connectivity index (χ0) is 10.0. The Labute approximate surface area is 79.4 Å². The van der Waals surface area contributed by atoms with Gasteiger partial charge in [0.2, 0.25) is 0 Å². The Hall–Kier alpha value is -0.160. The number of aliphatic hydroxyl groups is 1. The standard InChI is InChI=1S/C9H19NO3/c1-6-9(10(2)3)7(11)5-8(12-4)13-6/h6-9,11H,5H2,1-4H3/t6-,7+,8+,9-/m1/s1. The van der Waals surface area contributed by atoms with Crippen molar-refractivity contribution in [2.45, 2.75) is 37.9 Å². The molecule has 1 N–H and O–H groups in total. The zero-order valence-corrected chi connectivity index (χ0v) is 8.73. The molecule has 0 aromatic rings. The second-order valence-corrected chi connectivity index (χ2v) is 3.76. The van der Waals surface area contributed by atoms with Crippen LogP contribution in [0.5, 0.6) is 0 Å². The number of aliphatic hydroxyl groups excluding tert-OH is 1. The third kappa shape index (κ3) is 2.40. The fourth-order valence-electron chi connectivity index (χ4n) is 1.94. The van der Waals surface area contributed by atoms with Crippen LogP contribution in [0.3, 0.4) is 0 Å². The van der Waals surface area contributed by atoms with Crippen LogP contribution < -0.4 is 0 Å². The van der Waals surface area contributed by atoms with Crippen LogP contribution in [0.15, 0.2) is 0 Å². The minimum atomic E-state index is -0.372. The molecule has 0 aromatic heterocycles. The number of ether oxygens (including phenoxy) is 2. The van der Waals surface area contributed by atoms with Gasteiger partial charge in [0.05, 0.1) is 18.2 Å². The van der Waals surface area contributed by atoms with Crippen LogP contribution in [-0.4, -0.2) is 55.8 Å². The van der Waals surface area contributed by atoms with Gasteiger partial charge >= 0.3 is 0 Å². The van der Waals surface area contributed by atoms with Crippen LogP contribution in [0.2, 0.25) is 0 Å². The molecule has 13 heavy (non-hydrogen) atoms. The van der Waals surface area contributed by atoms with E-state index in [0.29, 0.717) is 6.42 Å². The average molecular weight is 189 g/mol. The van der Waals surface area contributed by atoms with Crippen LogP contribution in [0, 0.1) is 0 Å². The van der Waals surface area contributed by atoms with Gasteiger partial charge in [-0.3, -0.25) is 0 Å². The van der Waals surface area contributed by atoms with Gasteiger partial charge in [-0.25, -0.2) is 0 Å². The molecule has 0 aliphatic carbocycles. The summed E-state index contributed by atoms with van der Waals surface area (Å²) < 4.78 is 10.6. The summed E-state index contributed by atoms with van der Waals surface area (Å²) in [6.45, 7) is 1.96. The molecule has 4 atom stereocenters. The molecule has 0 unspecified atom stereocenters. The highest BCUT2D eigenvalue weighted by Crippen LogP contribution is 2.23. The molecule has 1 aliphatic rings. The molecule has 0 bridgehead atoms. The first kappa shape index (κ1) is 10.9. The van der Waals surface area contributed by atoms with E-state index in [1.54, 1.807) is 7.11 Å². The molecule has 1 saturated heterocycles. The van der Waals surface area contributed by atoms with E-state index in [0.717, 1.165) is 0 Å². The highest BCUT2D eigenvalue weighted by molar-refractivity contribution is 4.86. The summed E-state index contributed by atoms with van der Waals surface area (Å²) >= 11 is 0. The number of methoxy groups -OCH3 is 1. The van der Waals surface area contributed by atoms with E-state index in [1.165, 1.54) is 0 Å². The molecule has 4 heteroatoms. The third-order valence-corrected chi connectivity index (χ3v) is 2.53. The molecule has 0 radical (unpaired) electrons. The van der Waals surface area contributed by atoms with Crippen LogP contribution in [-0.2, 0) is 9.47 Å². The Balaban J connectivity index is 2.59. The molecule has 0 aromatic carbocycles. The predicted molar refractivity (Wildman–Crippen MR) is 49.4 cm³/mol. The van der Waals surface area contributed by atoms with E-state index < -0.39 is 0 Å². The molecule has 4 nitrogen and oxygen atoms in total. The van der Waals surface area contributed by atoms with Crippen molar-refractivity contribution in [2.75, 3.05) is 21.2 Å². The van der Waals surface area contributed by atoms with Gasteiger partial charge in [-0.05, 0) is 21.0 Å². The van der Waals surface area contributed by atoms with Crippen molar-refractivity contribution in [3.05, 3.63) is 0 Å².